The molecule has 1 N–H and O–H groups in total. The summed E-state index contributed by atoms with van der Waals surface area (Å²) in [5.74, 6) is 0.880. The number of aryl methyl sites for hydroxylation is 1. The van der Waals surface area contributed by atoms with Gasteiger partial charge < -0.3 is 10.2 Å². The Morgan fingerprint density at radius 1 is 1.00 bits per heavy atom. The Morgan fingerprint density at radius 2 is 1.82 bits per heavy atom. The van der Waals surface area contributed by atoms with Crippen LogP contribution in [0.4, 0.5) is 5.82 Å². The van der Waals surface area contributed by atoms with Crippen LogP contribution < -0.4 is 5.32 Å². The minimum atomic E-state index is 0.726. The molecule has 3 aromatic heterocycles. The second-order valence-corrected chi connectivity index (χ2v) is 9.86. The summed E-state index contributed by atoms with van der Waals surface area (Å²) in [6, 6.07) is 12.5. The molecule has 5 rings (SSSR count). The first-order valence-corrected chi connectivity index (χ1v) is 12.4. The van der Waals surface area contributed by atoms with Gasteiger partial charge in [0.05, 0.1) is 11.2 Å². The standard InChI is InChI=1S/C14H14N4.C13H18N2S/c1-15-14-6-12-5-10(3-4-11(12)7-16-14)13-8-17-18(2)9-13;1-3-11-4-7-14-13(10-11)16-12-5-8-15(2)9-6-12/h3-9H,1-2H3,(H,15,16);3-4,7,10,12H,1,5-6,8-9H2,2H3. The van der Waals surface area contributed by atoms with Gasteiger partial charge in [-0.05, 0) is 73.8 Å². The number of anilines is 1. The van der Waals surface area contributed by atoms with Crippen LogP contribution >= 0.6 is 11.8 Å². The zero-order chi connectivity index (χ0) is 23.9. The third kappa shape index (κ3) is 6.24. The summed E-state index contributed by atoms with van der Waals surface area (Å²) in [6.07, 6.45) is 12.0. The molecule has 4 heterocycles. The highest BCUT2D eigenvalue weighted by atomic mass is 32.2. The van der Waals surface area contributed by atoms with Crippen molar-refractivity contribution in [2.75, 3.05) is 32.5 Å². The number of thioether (sulfide) groups is 1. The topological polar surface area (TPSA) is 58.9 Å². The summed E-state index contributed by atoms with van der Waals surface area (Å²) in [5.41, 5.74) is 3.46. The third-order valence-corrected chi connectivity index (χ3v) is 7.23. The van der Waals surface area contributed by atoms with Crippen LogP contribution in [0.3, 0.4) is 0 Å². The lowest BCUT2D eigenvalue weighted by molar-refractivity contribution is 0.282. The zero-order valence-corrected chi connectivity index (χ0v) is 20.9. The van der Waals surface area contributed by atoms with Gasteiger partial charge in [-0.25, -0.2) is 9.97 Å². The van der Waals surface area contributed by atoms with Gasteiger partial charge in [0.25, 0.3) is 0 Å². The van der Waals surface area contributed by atoms with Gasteiger partial charge in [-0.15, -0.1) is 11.8 Å². The van der Waals surface area contributed by atoms with Crippen LogP contribution in [0.1, 0.15) is 18.4 Å². The normalized spacial score (nSPS) is 14.4. The van der Waals surface area contributed by atoms with Crippen molar-refractivity contribution in [1.29, 1.82) is 0 Å². The SMILES string of the molecule is C=Cc1ccnc(SC2CCN(C)CC2)c1.CNc1cc2cc(-c3cnn(C)c3)ccc2cn1. The molecule has 0 saturated carbocycles. The van der Waals surface area contributed by atoms with Gasteiger partial charge in [-0.2, -0.15) is 5.10 Å². The molecule has 7 heteroatoms. The van der Waals surface area contributed by atoms with E-state index >= 15 is 0 Å². The number of pyridine rings is 2. The number of likely N-dealkylation sites (tertiary alicyclic amines) is 1. The van der Waals surface area contributed by atoms with Crippen LogP contribution in [0.15, 0.2) is 72.8 Å². The lowest BCUT2D eigenvalue weighted by Crippen LogP contribution is -2.31. The fourth-order valence-electron chi connectivity index (χ4n) is 3.92. The number of nitrogens with one attached hydrogen (secondary N) is 1. The second-order valence-electron chi connectivity index (χ2n) is 8.54. The molecule has 0 spiro atoms. The van der Waals surface area contributed by atoms with Gasteiger partial charge in [0, 0.05) is 48.9 Å². The average Bonchev–Trinajstić information content (AvgIpc) is 3.31. The lowest BCUT2D eigenvalue weighted by Gasteiger charge is -2.28. The predicted molar refractivity (Wildman–Crippen MR) is 144 cm³/mol. The average molecular weight is 473 g/mol. The maximum absolute atomic E-state index is 4.40. The smallest absolute Gasteiger partial charge is 0.126 e. The number of rotatable bonds is 5. The van der Waals surface area contributed by atoms with Gasteiger partial charge in [-0.1, -0.05) is 24.8 Å². The summed E-state index contributed by atoms with van der Waals surface area (Å²) in [4.78, 5) is 11.1. The van der Waals surface area contributed by atoms with E-state index in [1.807, 2.05) is 67.5 Å². The molecule has 1 saturated heterocycles. The van der Waals surface area contributed by atoms with E-state index in [1.54, 1.807) is 0 Å². The second kappa shape index (κ2) is 11.3. The largest absolute Gasteiger partial charge is 0.373 e. The number of benzene rings is 1. The van der Waals surface area contributed by atoms with Crippen LogP contribution in [-0.2, 0) is 7.05 Å². The molecule has 1 aromatic carbocycles. The van der Waals surface area contributed by atoms with Gasteiger partial charge >= 0.3 is 0 Å². The fraction of sp³-hybridized carbons (Fsp3) is 0.296. The number of fused-ring (bicyclic) bond motifs is 1. The van der Waals surface area contributed by atoms with Gasteiger partial charge in [0.2, 0.25) is 0 Å². The first-order chi connectivity index (χ1) is 16.5. The van der Waals surface area contributed by atoms with Crippen LogP contribution in [0.25, 0.3) is 28.0 Å². The Kier molecular flexibility index (Phi) is 7.98. The summed E-state index contributed by atoms with van der Waals surface area (Å²) in [6.45, 7) is 6.20. The molecule has 6 nitrogen and oxygen atoms in total. The first-order valence-electron chi connectivity index (χ1n) is 11.5. The summed E-state index contributed by atoms with van der Waals surface area (Å²) < 4.78 is 1.81. The molecule has 4 aromatic rings. The minimum absolute atomic E-state index is 0.726. The Labute approximate surface area is 206 Å². The summed E-state index contributed by atoms with van der Waals surface area (Å²) >= 11 is 1.91. The Hall–Kier alpha value is -3.16. The van der Waals surface area contributed by atoms with Crippen molar-refractivity contribution in [3.8, 4) is 11.1 Å². The van der Waals surface area contributed by atoms with E-state index in [2.05, 4.69) is 69.2 Å². The van der Waals surface area contributed by atoms with Gasteiger partial charge in [0.1, 0.15) is 5.82 Å². The Morgan fingerprint density at radius 3 is 2.53 bits per heavy atom. The molecule has 0 amide bonds. The molecule has 176 valence electrons. The zero-order valence-electron chi connectivity index (χ0n) is 20.1. The number of hydrogen-bond donors (Lipinski definition) is 1. The van der Waals surface area contributed by atoms with E-state index in [-0.39, 0.29) is 0 Å². The van der Waals surface area contributed by atoms with Crippen molar-refractivity contribution < 1.29 is 0 Å². The maximum atomic E-state index is 4.40. The monoisotopic (exact) mass is 472 g/mol. The van der Waals surface area contributed by atoms with E-state index in [4.69, 9.17) is 0 Å². The van der Waals surface area contributed by atoms with E-state index in [0.29, 0.717) is 0 Å². The summed E-state index contributed by atoms with van der Waals surface area (Å²) in [7, 11) is 5.99. The molecule has 0 atom stereocenters. The van der Waals surface area contributed by atoms with Crippen LogP contribution in [0.5, 0.6) is 0 Å². The highest BCUT2D eigenvalue weighted by Crippen LogP contribution is 2.29. The highest BCUT2D eigenvalue weighted by molar-refractivity contribution is 7.99. The van der Waals surface area contributed by atoms with E-state index in [0.717, 1.165) is 32.6 Å². The van der Waals surface area contributed by atoms with Crippen molar-refractivity contribution in [3.63, 3.8) is 0 Å². The van der Waals surface area contributed by atoms with Crippen molar-refractivity contribution in [2.24, 2.45) is 7.05 Å². The number of nitrogens with zero attached hydrogens (tertiary/aromatic N) is 5. The quantitative estimate of drug-likeness (QED) is 0.409. The molecule has 0 radical (unpaired) electrons. The van der Waals surface area contributed by atoms with Crippen LogP contribution in [0.2, 0.25) is 0 Å². The summed E-state index contributed by atoms with van der Waals surface area (Å²) in [5, 5.41) is 11.4. The number of piperidine rings is 1. The highest BCUT2D eigenvalue weighted by Gasteiger charge is 2.18. The predicted octanol–water partition coefficient (Wildman–Crippen LogP) is 5.59. The molecule has 0 bridgehead atoms. The number of hydrogen-bond acceptors (Lipinski definition) is 6. The maximum Gasteiger partial charge on any atom is 0.126 e. The lowest BCUT2D eigenvalue weighted by atomic mass is 10.1. The van der Waals surface area contributed by atoms with E-state index < -0.39 is 0 Å². The third-order valence-electron chi connectivity index (χ3n) is 5.96. The van der Waals surface area contributed by atoms with E-state index in [1.165, 1.54) is 36.9 Å². The van der Waals surface area contributed by atoms with Crippen molar-refractivity contribution in [2.45, 2.75) is 23.1 Å². The molecule has 1 aliphatic heterocycles. The van der Waals surface area contributed by atoms with Crippen molar-refractivity contribution in [1.82, 2.24) is 24.6 Å². The molecule has 0 aliphatic carbocycles. The molecular weight excluding hydrogens is 440 g/mol. The Balaban J connectivity index is 0.000000162. The first kappa shape index (κ1) is 24.0. The minimum Gasteiger partial charge on any atom is -0.373 e. The molecule has 1 fully saturated rings. The van der Waals surface area contributed by atoms with Crippen molar-refractivity contribution >= 4 is 34.4 Å². The van der Waals surface area contributed by atoms with Crippen LogP contribution in [-0.4, -0.2) is 57.1 Å². The van der Waals surface area contributed by atoms with Gasteiger partial charge in [-0.3, -0.25) is 4.68 Å². The molecule has 0 unspecified atom stereocenters. The number of aromatic nitrogens is 4. The molecule has 1 aliphatic rings. The van der Waals surface area contributed by atoms with Crippen molar-refractivity contribution in [3.05, 3.63) is 73.3 Å². The fourth-order valence-corrected chi connectivity index (χ4v) is 5.03. The van der Waals surface area contributed by atoms with E-state index in [9.17, 15) is 0 Å². The Bertz CT molecular complexity index is 1240. The van der Waals surface area contributed by atoms with Gasteiger partial charge in [0.15, 0.2) is 0 Å². The van der Waals surface area contributed by atoms with Crippen LogP contribution in [0, 0.1) is 0 Å². The molecule has 34 heavy (non-hydrogen) atoms. The molecular formula is C27H32N6S.